The summed E-state index contributed by atoms with van der Waals surface area (Å²) < 4.78 is 11.5. The molecule has 0 aliphatic heterocycles. The van der Waals surface area contributed by atoms with Gasteiger partial charge in [-0.1, -0.05) is 13.8 Å². The largest absolute Gasteiger partial charge is 0.495 e. The lowest BCUT2D eigenvalue weighted by molar-refractivity contribution is 0.322. The molecule has 0 radical (unpaired) electrons. The maximum absolute atomic E-state index is 6.38. The van der Waals surface area contributed by atoms with Gasteiger partial charge in [0.15, 0.2) is 0 Å². The quantitative estimate of drug-likeness (QED) is 0.928. The Morgan fingerprint density at radius 3 is 2.24 bits per heavy atom. The van der Waals surface area contributed by atoms with Crippen molar-refractivity contribution in [1.82, 2.24) is 0 Å². The monoisotopic (exact) mass is 301 g/mol. The highest BCUT2D eigenvalue weighted by atomic mass is 79.9. The second-order valence-corrected chi connectivity index (χ2v) is 5.39. The highest BCUT2D eigenvalue weighted by Crippen LogP contribution is 2.42. The molecule has 0 saturated carbocycles. The number of hydrogen-bond acceptors (Lipinski definition) is 3. The fraction of sp³-hybridized carbons (Fsp3) is 0.538. The standard InChI is InChI=1S/C13H20BrNO2/c1-8(2)13(3,15)9-6-7-10(16-4)11(14)12(9)17-5/h6-8H,15H2,1-5H3. The zero-order valence-electron chi connectivity index (χ0n) is 11.0. The highest BCUT2D eigenvalue weighted by Gasteiger charge is 2.30. The van der Waals surface area contributed by atoms with Gasteiger partial charge in [0.05, 0.1) is 14.2 Å². The van der Waals surface area contributed by atoms with Crippen LogP contribution < -0.4 is 15.2 Å². The van der Waals surface area contributed by atoms with E-state index in [1.807, 2.05) is 19.1 Å². The molecular weight excluding hydrogens is 282 g/mol. The fourth-order valence-corrected chi connectivity index (χ4v) is 2.30. The van der Waals surface area contributed by atoms with Crippen molar-refractivity contribution in [2.45, 2.75) is 26.3 Å². The molecule has 0 bridgehead atoms. The molecule has 0 amide bonds. The lowest BCUT2D eigenvalue weighted by Crippen LogP contribution is -2.38. The van der Waals surface area contributed by atoms with E-state index in [1.54, 1.807) is 14.2 Å². The van der Waals surface area contributed by atoms with Crippen LogP contribution in [0.3, 0.4) is 0 Å². The predicted octanol–water partition coefficient (Wildman–Crippen LogP) is 3.30. The Hall–Kier alpha value is -0.740. The smallest absolute Gasteiger partial charge is 0.141 e. The number of methoxy groups -OCH3 is 2. The van der Waals surface area contributed by atoms with Crippen molar-refractivity contribution in [2.75, 3.05) is 14.2 Å². The molecule has 0 aliphatic carbocycles. The Labute approximate surface area is 111 Å². The van der Waals surface area contributed by atoms with Crippen LogP contribution in [0.15, 0.2) is 16.6 Å². The van der Waals surface area contributed by atoms with Crippen LogP contribution in [0.2, 0.25) is 0 Å². The second-order valence-electron chi connectivity index (χ2n) is 4.60. The van der Waals surface area contributed by atoms with Crippen molar-refractivity contribution in [3.05, 3.63) is 22.2 Å². The van der Waals surface area contributed by atoms with Gasteiger partial charge in [0.25, 0.3) is 0 Å². The van der Waals surface area contributed by atoms with Crippen molar-refractivity contribution in [1.29, 1.82) is 0 Å². The van der Waals surface area contributed by atoms with Crippen LogP contribution in [0.25, 0.3) is 0 Å². The average Bonchev–Trinajstić information content (AvgIpc) is 2.28. The fourth-order valence-electron chi connectivity index (χ4n) is 1.63. The van der Waals surface area contributed by atoms with E-state index in [-0.39, 0.29) is 0 Å². The van der Waals surface area contributed by atoms with E-state index >= 15 is 0 Å². The van der Waals surface area contributed by atoms with Crippen molar-refractivity contribution in [2.24, 2.45) is 11.7 Å². The average molecular weight is 302 g/mol. The maximum Gasteiger partial charge on any atom is 0.141 e. The van der Waals surface area contributed by atoms with Gasteiger partial charge in [-0.05, 0) is 40.9 Å². The lowest BCUT2D eigenvalue weighted by atomic mass is 9.82. The van der Waals surface area contributed by atoms with Crippen LogP contribution in [0.5, 0.6) is 11.5 Å². The summed E-state index contributed by atoms with van der Waals surface area (Å²) in [7, 11) is 3.27. The first-order valence-corrected chi connectivity index (χ1v) is 6.35. The minimum absolute atomic E-state index is 0.302. The molecule has 1 aromatic rings. The van der Waals surface area contributed by atoms with Crippen LogP contribution in [0.1, 0.15) is 26.3 Å². The molecule has 0 saturated heterocycles. The number of nitrogens with two attached hydrogens (primary N) is 1. The first kappa shape index (κ1) is 14.3. The van der Waals surface area contributed by atoms with Gasteiger partial charge in [-0.3, -0.25) is 0 Å². The van der Waals surface area contributed by atoms with E-state index in [1.165, 1.54) is 0 Å². The van der Waals surface area contributed by atoms with E-state index in [9.17, 15) is 0 Å². The molecule has 3 nitrogen and oxygen atoms in total. The maximum atomic E-state index is 6.38. The Balaban J connectivity index is 3.40. The predicted molar refractivity (Wildman–Crippen MR) is 73.6 cm³/mol. The van der Waals surface area contributed by atoms with Gasteiger partial charge < -0.3 is 15.2 Å². The molecule has 4 heteroatoms. The van der Waals surface area contributed by atoms with Crippen molar-refractivity contribution in [3.63, 3.8) is 0 Å². The van der Waals surface area contributed by atoms with Gasteiger partial charge in [-0.2, -0.15) is 0 Å². The van der Waals surface area contributed by atoms with Crippen LogP contribution in [-0.4, -0.2) is 14.2 Å². The molecule has 1 atom stereocenters. The first-order chi connectivity index (χ1) is 7.86. The molecule has 96 valence electrons. The number of ether oxygens (including phenoxy) is 2. The third-order valence-electron chi connectivity index (χ3n) is 3.27. The summed E-state index contributed by atoms with van der Waals surface area (Å²) in [4.78, 5) is 0. The molecule has 0 spiro atoms. The van der Waals surface area contributed by atoms with E-state index in [2.05, 4.69) is 29.8 Å². The summed E-state index contributed by atoms with van der Waals surface area (Å²) in [5.74, 6) is 1.78. The second kappa shape index (κ2) is 5.27. The van der Waals surface area contributed by atoms with Crippen molar-refractivity contribution < 1.29 is 9.47 Å². The number of hydrogen-bond donors (Lipinski definition) is 1. The van der Waals surface area contributed by atoms with Gasteiger partial charge in [0, 0.05) is 11.1 Å². The van der Waals surface area contributed by atoms with Gasteiger partial charge in [0.1, 0.15) is 16.0 Å². The first-order valence-electron chi connectivity index (χ1n) is 5.56. The Morgan fingerprint density at radius 2 is 1.82 bits per heavy atom. The summed E-state index contributed by atoms with van der Waals surface area (Å²) in [6.07, 6.45) is 0. The van der Waals surface area contributed by atoms with Gasteiger partial charge >= 0.3 is 0 Å². The van der Waals surface area contributed by atoms with Gasteiger partial charge in [0.2, 0.25) is 0 Å². The minimum Gasteiger partial charge on any atom is -0.495 e. The molecule has 0 heterocycles. The minimum atomic E-state index is -0.444. The Morgan fingerprint density at radius 1 is 1.24 bits per heavy atom. The molecule has 1 unspecified atom stereocenters. The topological polar surface area (TPSA) is 44.5 Å². The molecule has 2 N–H and O–H groups in total. The van der Waals surface area contributed by atoms with E-state index < -0.39 is 5.54 Å². The van der Waals surface area contributed by atoms with Gasteiger partial charge in [-0.15, -0.1) is 0 Å². The molecule has 0 fully saturated rings. The number of halogens is 1. The highest BCUT2D eigenvalue weighted by molar-refractivity contribution is 9.10. The van der Waals surface area contributed by atoms with Gasteiger partial charge in [-0.25, -0.2) is 0 Å². The van der Waals surface area contributed by atoms with Crippen LogP contribution in [0, 0.1) is 5.92 Å². The summed E-state index contributed by atoms with van der Waals surface area (Å²) in [5.41, 5.74) is 6.91. The van der Waals surface area contributed by atoms with E-state index in [4.69, 9.17) is 15.2 Å². The number of benzene rings is 1. The van der Waals surface area contributed by atoms with E-state index in [0.29, 0.717) is 5.92 Å². The molecular formula is C13H20BrNO2. The normalized spacial score (nSPS) is 14.6. The zero-order valence-corrected chi connectivity index (χ0v) is 12.6. The SMILES string of the molecule is COc1ccc(C(C)(N)C(C)C)c(OC)c1Br. The summed E-state index contributed by atoms with van der Waals surface area (Å²) in [5, 5.41) is 0. The van der Waals surface area contributed by atoms with Crippen molar-refractivity contribution in [3.8, 4) is 11.5 Å². The molecule has 1 aromatic carbocycles. The summed E-state index contributed by atoms with van der Waals surface area (Å²) in [6.45, 7) is 6.20. The third kappa shape index (κ3) is 2.58. The lowest BCUT2D eigenvalue weighted by Gasteiger charge is -2.31. The number of rotatable bonds is 4. The zero-order chi connectivity index (χ0) is 13.2. The van der Waals surface area contributed by atoms with Crippen LogP contribution >= 0.6 is 15.9 Å². The summed E-state index contributed by atoms with van der Waals surface area (Å²) in [6, 6.07) is 3.86. The Bertz CT molecular complexity index is 403. The van der Waals surface area contributed by atoms with E-state index in [0.717, 1.165) is 21.5 Å². The molecule has 0 aromatic heterocycles. The van der Waals surface area contributed by atoms with Crippen LogP contribution in [0.4, 0.5) is 0 Å². The van der Waals surface area contributed by atoms with Crippen LogP contribution in [-0.2, 0) is 5.54 Å². The Kier molecular flexibility index (Phi) is 4.44. The van der Waals surface area contributed by atoms with Crippen molar-refractivity contribution >= 4 is 15.9 Å². The molecule has 17 heavy (non-hydrogen) atoms. The summed E-state index contributed by atoms with van der Waals surface area (Å²) >= 11 is 3.49. The third-order valence-corrected chi connectivity index (χ3v) is 4.02. The molecule has 1 rings (SSSR count). The molecule has 0 aliphatic rings.